The van der Waals surface area contributed by atoms with Crippen molar-refractivity contribution in [2.75, 3.05) is 0 Å². The summed E-state index contributed by atoms with van der Waals surface area (Å²) in [6, 6.07) is 21.6. The van der Waals surface area contributed by atoms with Gasteiger partial charge in [-0.1, -0.05) is 85.7 Å². The fraction of sp³-hybridized carbons (Fsp3) is 0.227. The van der Waals surface area contributed by atoms with Crippen LogP contribution in [0.2, 0.25) is 0 Å². The Hall–Kier alpha value is -2.08. The topological polar surface area (TPSA) is 0 Å². The Morgan fingerprint density at radius 2 is 1.18 bits per heavy atom. The highest BCUT2D eigenvalue weighted by molar-refractivity contribution is 5.86. The largest absolute Gasteiger partial charge is 0.0665 e. The maximum Gasteiger partial charge on any atom is 0.0236 e. The van der Waals surface area contributed by atoms with Gasteiger partial charge in [0.15, 0.2) is 0 Å². The van der Waals surface area contributed by atoms with Crippen molar-refractivity contribution in [3.05, 3.63) is 94.4 Å². The molecule has 1 atom stereocenters. The number of allylic oxidation sites excluding steroid dienone is 3. The SMILES string of the molecule is C[C]1C(C)=C(C)C(C)C1=C(c1ccccc1)c1ccccc1. The molecule has 0 aliphatic heterocycles. The van der Waals surface area contributed by atoms with Crippen molar-refractivity contribution in [2.24, 2.45) is 5.92 Å². The fourth-order valence-corrected chi connectivity index (χ4v) is 3.46. The molecule has 1 aliphatic rings. The average Bonchev–Trinajstić information content (AvgIpc) is 2.75. The molecule has 2 aromatic carbocycles. The molecule has 0 saturated carbocycles. The Balaban J connectivity index is 2.26. The van der Waals surface area contributed by atoms with Crippen molar-refractivity contribution < 1.29 is 0 Å². The average molecular weight is 287 g/mol. The third-order valence-corrected chi connectivity index (χ3v) is 5.03. The number of hydrogen-bond donors (Lipinski definition) is 0. The van der Waals surface area contributed by atoms with E-state index in [1.165, 1.54) is 39.3 Å². The predicted molar refractivity (Wildman–Crippen MR) is 95.4 cm³/mol. The summed E-state index contributed by atoms with van der Waals surface area (Å²) in [5.41, 5.74) is 8.41. The van der Waals surface area contributed by atoms with E-state index in [2.05, 4.69) is 88.4 Å². The minimum absolute atomic E-state index is 0.482. The first-order valence-electron chi connectivity index (χ1n) is 7.98. The first-order chi connectivity index (χ1) is 10.6. The Morgan fingerprint density at radius 1 is 0.727 bits per heavy atom. The molecule has 1 aliphatic carbocycles. The molecule has 0 saturated heterocycles. The van der Waals surface area contributed by atoms with Crippen LogP contribution in [-0.2, 0) is 0 Å². The lowest BCUT2D eigenvalue weighted by Crippen LogP contribution is -2.04. The lowest BCUT2D eigenvalue weighted by atomic mass is 9.83. The highest BCUT2D eigenvalue weighted by atomic mass is 14.4. The first-order valence-corrected chi connectivity index (χ1v) is 7.98. The molecule has 0 heteroatoms. The molecule has 111 valence electrons. The van der Waals surface area contributed by atoms with Crippen molar-refractivity contribution in [1.29, 1.82) is 0 Å². The molecule has 2 aromatic rings. The van der Waals surface area contributed by atoms with Crippen LogP contribution < -0.4 is 0 Å². The van der Waals surface area contributed by atoms with Gasteiger partial charge in [0.2, 0.25) is 0 Å². The van der Waals surface area contributed by atoms with Gasteiger partial charge in [0.25, 0.3) is 0 Å². The molecule has 0 spiro atoms. The Bertz CT molecular complexity index is 656. The van der Waals surface area contributed by atoms with E-state index in [0.717, 1.165) is 0 Å². The summed E-state index contributed by atoms with van der Waals surface area (Å²) in [5, 5.41) is 0. The van der Waals surface area contributed by atoms with Crippen molar-refractivity contribution in [3.63, 3.8) is 0 Å². The standard InChI is InChI=1S/C22H23/c1-15-16(2)18(4)21(17(15)3)22(19-11-7-5-8-12-19)20-13-9-6-10-14-20/h5-14,17H,1-4H3. The van der Waals surface area contributed by atoms with E-state index in [9.17, 15) is 0 Å². The Kier molecular flexibility index (Phi) is 4.02. The second-order valence-electron chi connectivity index (χ2n) is 6.18. The summed E-state index contributed by atoms with van der Waals surface area (Å²) in [6.07, 6.45) is 0. The van der Waals surface area contributed by atoms with E-state index in [0.29, 0.717) is 5.92 Å². The number of rotatable bonds is 2. The van der Waals surface area contributed by atoms with Crippen LogP contribution in [0.3, 0.4) is 0 Å². The van der Waals surface area contributed by atoms with Gasteiger partial charge in [-0.3, -0.25) is 0 Å². The van der Waals surface area contributed by atoms with Crippen LogP contribution >= 0.6 is 0 Å². The van der Waals surface area contributed by atoms with E-state index in [4.69, 9.17) is 0 Å². The monoisotopic (exact) mass is 287 g/mol. The molecule has 3 rings (SSSR count). The Morgan fingerprint density at radius 3 is 1.55 bits per heavy atom. The molecule has 0 aromatic heterocycles. The van der Waals surface area contributed by atoms with Crippen LogP contribution in [0.25, 0.3) is 5.57 Å². The van der Waals surface area contributed by atoms with E-state index in [1.807, 2.05) is 0 Å². The van der Waals surface area contributed by atoms with Gasteiger partial charge in [0, 0.05) is 5.92 Å². The van der Waals surface area contributed by atoms with Crippen molar-refractivity contribution >= 4 is 5.57 Å². The number of hydrogen-bond acceptors (Lipinski definition) is 0. The lowest BCUT2D eigenvalue weighted by Gasteiger charge is -2.20. The van der Waals surface area contributed by atoms with Gasteiger partial charge in [-0.05, 0) is 42.0 Å². The maximum absolute atomic E-state index is 2.33. The molecular formula is C22H23. The molecule has 22 heavy (non-hydrogen) atoms. The lowest BCUT2D eigenvalue weighted by molar-refractivity contribution is 0.834. The summed E-state index contributed by atoms with van der Waals surface area (Å²) in [6.45, 7) is 9.12. The smallest absolute Gasteiger partial charge is 0.0236 e. The molecule has 0 bridgehead atoms. The fourth-order valence-electron chi connectivity index (χ4n) is 3.46. The second kappa shape index (κ2) is 5.96. The van der Waals surface area contributed by atoms with E-state index in [1.54, 1.807) is 0 Å². The van der Waals surface area contributed by atoms with Gasteiger partial charge in [-0.25, -0.2) is 0 Å². The Labute approximate surface area is 134 Å². The second-order valence-corrected chi connectivity index (χ2v) is 6.18. The van der Waals surface area contributed by atoms with E-state index >= 15 is 0 Å². The summed E-state index contributed by atoms with van der Waals surface area (Å²) in [7, 11) is 0. The van der Waals surface area contributed by atoms with Crippen LogP contribution in [0.5, 0.6) is 0 Å². The molecule has 0 amide bonds. The summed E-state index contributed by atoms with van der Waals surface area (Å²) < 4.78 is 0. The van der Waals surface area contributed by atoms with Crippen molar-refractivity contribution in [3.8, 4) is 0 Å². The van der Waals surface area contributed by atoms with E-state index in [-0.39, 0.29) is 0 Å². The van der Waals surface area contributed by atoms with Gasteiger partial charge < -0.3 is 0 Å². The third kappa shape index (κ3) is 2.43. The van der Waals surface area contributed by atoms with Gasteiger partial charge in [0.1, 0.15) is 0 Å². The van der Waals surface area contributed by atoms with Gasteiger partial charge in [0.05, 0.1) is 0 Å². The quantitative estimate of drug-likeness (QED) is 0.629. The van der Waals surface area contributed by atoms with Crippen molar-refractivity contribution in [1.82, 2.24) is 0 Å². The zero-order chi connectivity index (χ0) is 15.7. The summed E-state index contributed by atoms with van der Waals surface area (Å²) in [5.74, 6) is 1.92. The predicted octanol–water partition coefficient (Wildman–Crippen LogP) is 6.07. The molecule has 0 nitrogen and oxygen atoms in total. The number of benzene rings is 2. The van der Waals surface area contributed by atoms with Crippen LogP contribution in [-0.4, -0.2) is 0 Å². The van der Waals surface area contributed by atoms with Gasteiger partial charge in [-0.2, -0.15) is 0 Å². The molecule has 0 N–H and O–H groups in total. The minimum Gasteiger partial charge on any atom is -0.0665 e. The molecule has 1 unspecified atom stereocenters. The minimum atomic E-state index is 0.482. The van der Waals surface area contributed by atoms with Crippen LogP contribution in [0, 0.1) is 11.8 Å². The molecular weight excluding hydrogens is 264 g/mol. The van der Waals surface area contributed by atoms with Gasteiger partial charge in [-0.15, -0.1) is 0 Å². The molecule has 1 radical (unpaired) electrons. The van der Waals surface area contributed by atoms with E-state index < -0.39 is 0 Å². The highest BCUT2D eigenvalue weighted by Gasteiger charge is 2.31. The highest BCUT2D eigenvalue weighted by Crippen LogP contribution is 2.47. The normalized spacial score (nSPS) is 18.9. The molecule has 0 fully saturated rings. The zero-order valence-corrected chi connectivity index (χ0v) is 13.9. The van der Waals surface area contributed by atoms with Gasteiger partial charge >= 0.3 is 0 Å². The van der Waals surface area contributed by atoms with Crippen LogP contribution in [0.15, 0.2) is 77.4 Å². The van der Waals surface area contributed by atoms with Crippen molar-refractivity contribution in [2.45, 2.75) is 27.7 Å². The summed E-state index contributed by atoms with van der Waals surface area (Å²) >= 11 is 0. The summed E-state index contributed by atoms with van der Waals surface area (Å²) in [4.78, 5) is 0. The van der Waals surface area contributed by atoms with Crippen LogP contribution in [0.1, 0.15) is 38.8 Å². The first kappa shape index (κ1) is 14.8. The zero-order valence-electron chi connectivity index (χ0n) is 13.9. The third-order valence-electron chi connectivity index (χ3n) is 5.03. The molecule has 0 heterocycles. The van der Waals surface area contributed by atoms with Crippen LogP contribution in [0.4, 0.5) is 0 Å². The maximum atomic E-state index is 2.33.